The summed E-state index contributed by atoms with van der Waals surface area (Å²) < 4.78 is 5.37. The molecule has 4 nitrogen and oxygen atoms in total. The van der Waals surface area contributed by atoms with Gasteiger partial charge < -0.3 is 10.5 Å². The molecule has 0 radical (unpaired) electrons. The van der Waals surface area contributed by atoms with Crippen molar-refractivity contribution in [3.8, 4) is 5.75 Å². The third-order valence-electron chi connectivity index (χ3n) is 3.06. The van der Waals surface area contributed by atoms with Crippen molar-refractivity contribution in [2.45, 2.75) is 13.3 Å². The molecule has 0 aliphatic heterocycles. The Balaban J connectivity index is 2.64. The van der Waals surface area contributed by atoms with E-state index in [0.29, 0.717) is 36.6 Å². The Morgan fingerprint density at radius 3 is 2.52 bits per heavy atom. The first-order valence-electron chi connectivity index (χ1n) is 7.12. The zero-order chi connectivity index (χ0) is 15.7. The maximum Gasteiger partial charge on any atom is 0.164 e. The second-order valence-corrected chi connectivity index (χ2v) is 4.70. The number of nitrogens with zero attached hydrogens (tertiary/aromatic N) is 1. The minimum atomic E-state index is 0.0721. The fraction of sp³-hybridized carbons (Fsp3) is 0.353. The molecular formula is C17H24N2O2. The van der Waals surface area contributed by atoms with Crippen LogP contribution in [0, 0.1) is 0 Å². The topological polar surface area (TPSA) is 55.6 Å². The van der Waals surface area contributed by atoms with Gasteiger partial charge in [0, 0.05) is 31.6 Å². The van der Waals surface area contributed by atoms with Crippen LogP contribution in [0.5, 0.6) is 5.75 Å². The van der Waals surface area contributed by atoms with Crippen molar-refractivity contribution in [3.05, 3.63) is 49.1 Å². The Bertz CT molecular complexity index is 488. The minimum Gasteiger partial charge on any atom is -0.492 e. The van der Waals surface area contributed by atoms with E-state index >= 15 is 0 Å². The average molecular weight is 288 g/mol. The van der Waals surface area contributed by atoms with E-state index in [2.05, 4.69) is 18.1 Å². The summed E-state index contributed by atoms with van der Waals surface area (Å²) in [6.07, 6.45) is 4.08. The molecule has 1 aromatic rings. The molecule has 0 atom stereocenters. The van der Waals surface area contributed by atoms with Gasteiger partial charge in [-0.2, -0.15) is 0 Å². The van der Waals surface area contributed by atoms with E-state index < -0.39 is 0 Å². The lowest BCUT2D eigenvalue weighted by Gasteiger charge is -2.18. The quantitative estimate of drug-likeness (QED) is 0.408. The summed E-state index contributed by atoms with van der Waals surface area (Å²) in [5.41, 5.74) is 7.00. The van der Waals surface area contributed by atoms with Crippen LogP contribution in [0.15, 0.2) is 43.5 Å². The molecule has 0 amide bonds. The van der Waals surface area contributed by atoms with Crippen LogP contribution in [0.3, 0.4) is 0 Å². The molecule has 0 aromatic heterocycles. The SMILES string of the molecule is C=CCN(CC=C)CCC(=O)c1ccc(OCC)c(N)c1. The van der Waals surface area contributed by atoms with Crippen molar-refractivity contribution in [3.63, 3.8) is 0 Å². The molecule has 0 saturated heterocycles. The normalized spacial score (nSPS) is 10.4. The van der Waals surface area contributed by atoms with Crippen LogP contribution in [0.2, 0.25) is 0 Å². The molecule has 0 fully saturated rings. The Morgan fingerprint density at radius 2 is 2.00 bits per heavy atom. The van der Waals surface area contributed by atoms with Gasteiger partial charge in [-0.15, -0.1) is 13.2 Å². The molecule has 2 N–H and O–H groups in total. The Morgan fingerprint density at radius 1 is 1.33 bits per heavy atom. The fourth-order valence-electron chi connectivity index (χ4n) is 2.04. The second kappa shape index (κ2) is 8.97. The molecule has 0 saturated carbocycles. The molecule has 0 aliphatic carbocycles. The van der Waals surface area contributed by atoms with Crippen molar-refractivity contribution in [1.29, 1.82) is 0 Å². The molecule has 0 heterocycles. The maximum atomic E-state index is 12.2. The molecule has 0 spiro atoms. The van der Waals surface area contributed by atoms with Crippen LogP contribution in [0.1, 0.15) is 23.7 Å². The Hall–Kier alpha value is -2.07. The molecule has 0 bridgehead atoms. The highest BCUT2D eigenvalue weighted by Crippen LogP contribution is 2.23. The van der Waals surface area contributed by atoms with Gasteiger partial charge in [0.1, 0.15) is 5.75 Å². The lowest BCUT2D eigenvalue weighted by molar-refractivity contribution is 0.0968. The average Bonchev–Trinajstić information content (AvgIpc) is 2.47. The molecule has 114 valence electrons. The van der Waals surface area contributed by atoms with E-state index in [1.54, 1.807) is 18.2 Å². The number of carbonyl (C=O) groups is 1. The highest BCUT2D eigenvalue weighted by Gasteiger charge is 2.10. The van der Waals surface area contributed by atoms with Crippen LogP contribution >= 0.6 is 0 Å². The third kappa shape index (κ3) is 5.44. The van der Waals surface area contributed by atoms with E-state index in [1.165, 1.54) is 0 Å². The van der Waals surface area contributed by atoms with Crippen LogP contribution in [0.4, 0.5) is 5.69 Å². The molecule has 21 heavy (non-hydrogen) atoms. The monoisotopic (exact) mass is 288 g/mol. The summed E-state index contributed by atoms with van der Waals surface area (Å²) in [4.78, 5) is 14.3. The molecule has 4 heteroatoms. The van der Waals surface area contributed by atoms with Gasteiger partial charge >= 0.3 is 0 Å². The second-order valence-electron chi connectivity index (χ2n) is 4.70. The summed E-state index contributed by atoms with van der Waals surface area (Å²) >= 11 is 0. The van der Waals surface area contributed by atoms with Crippen LogP contribution < -0.4 is 10.5 Å². The predicted octanol–water partition coefficient (Wildman–Crippen LogP) is 2.91. The number of hydrogen-bond donors (Lipinski definition) is 1. The summed E-state index contributed by atoms with van der Waals surface area (Å²) in [6.45, 7) is 12.0. The van der Waals surface area contributed by atoms with Gasteiger partial charge in [-0.1, -0.05) is 12.2 Å². The van der Waals surface area contributed by atoms with Crippen LogP contribution in [-0.2, 0) is 0 Å². The summed E-state index contributed by atoms with van der Waals surface area (Å²) in [7, 11) is 0. The van der Waals surface area contributed by atoms with E-state index in [4.69, 9.17) is 10.5 Å². The van der Waals surface area contributed by atoms with Crippen molar-refractivity contribution >= 4 is 11.5 Å². The van der Waals surface area contributed by atoms with Crippen molar-refractivity contribution in [2.24, 2.45) is 0 Å². The van der Waals surface area contributed by atoms with Crippen molar-refractivity contribution in [1.82, 2.24) is 4.90 Å². The zero-order valence-corrected chi connectivity index (χ0v) is 12.7. The van der Waals surface area contributed by atoms with Crippen molar-refractivity contribution in [2.75, 3.05) is 32.0 Å². The first-order valence-corrected chi connectivity index (χ1v) is 7.12. The fourth-order valence-corrected chi connectivity index (χ4v) is 2.04. The third-order valence-corrected chi connectivity index (χ3v) is 3.06. The number of ether oxygens (including phenoxy) is 1. The Kier molecular flexibility index (Phi) is 7.26. The summed E-state index contributed by atoms with van der Waals surface area (Å²) in [6, 6.07) is 5.19. The number of ketones is 1. The van der Waals surface area contributed by atoms with Gasteiger partial charge in [0.05, 0.1) is 12.3 Å². The van der Waals surface area contributed by atoms with Gasteiger partial charge in [0.15, 0.2) is 5.78 Å². The minimum absolute atomic E-state index is 0.0721. The van der Waals surface area contributed by atoms with E-state index in [0.717, 1.165) is 13.1 Å². The smallest absolute Gasteiger partial charge is 0.164 e. The lowest BCUT2D eigenvalue weighted by atomic mass is 10.1. The summed E-state index contributed by atoms with van der Waals surface area (Å²) in [5.74, 6) is 0.692. The molecular weight excluding hydrogens is 264 g/mol. The molecule has 1 rings (SSSR count). The molecule has 0 aliphatic rings. The van der Waals surface area contributed by atoms with E-state index in [1.807, 2.05) is 19.1 Å². The van der Waals surface area contributed by atoms with Gasteiger partial charge in [-0.25, -0.2) is 0 Å². The highest BCUT2D eigenvalue weighted by molar-refractivity contribution is 5.97. The largest absolute Gasteiger partial charge is 0.492 e. The van der Waals surface area contributed by atoms with Crippen LogP contribution in [-0.4, -0.2) is 36.9 Å². The van der Waals surface area contributed by atoms with Crippen molar-refractivity contribution < 1.29 is 9.53 Å². The zero-order valence-electron chi connectivity index (χ0n) is 12.7. The standard InChI is InChI=1S/C17H24N2O2/c1-4-10-19(11-5-2)12-9-16(20)14-7-8-17(21-6-3)15(18)13-14/h4-5,7-8,13H,1-2,6,9-12,18H2,3H3. The first kappa shape index (κ1) is 17.0. The number of nitrogen functional groups attached to an aromatic ring is 1. The Labute approximate surface area is 126 Å². The number of nitrogens with two attached hydrogens (primary N) is 1. The van der Waals surface area contributed by atoms with Gasteiger partial charge in [0.2, 0.25) is 0 Å². The number of rotatable bonds is 10. The molecule has 0 unspecified atom stereocenters. The van der Waals surface area contributed by atoms with E-state index in [9.17, 15) is 4.79 Å². The van der Waals surface area contributed by atoms with E-state index in [-0.39, 0.29) is 5.78 Å². The van der Waals surface area contributed by atoms with Gasteiger partial charge in [-0.3, -0.25) is 9.69 Å². The number of hydrogen-bond acceptors (Lipinski definition) is 4. The number of Topliss-reactive ketones (excluding diaryl/α,β-unsaturated/α-hetero) is 1. The number of carbonyl (C=O) groups excluding carboxylic acids is 1. The molecule has 1 aromatic carbocycles. The van der Waals surface area contributed by atoms with Crippen LogP contribution in [0.25, 0.3) is 0 Å². The first-order chi connectivity index (χ1) is 10.1. The lowest BCUT2D eigenvalue weighted by Crippen LogP contribution is -2.26. The maximum absolute atomic E-state index is 12.2. The highest BCUT2D eigenvalue weighted by atomic mass is 16.5. The van der Waals surface area contributed by atoms with Gasteiger partial charge in [0.25, 0.3) is 0 Å². The summed E-state index contributed by atoms with van der Waals surface area (Å²) in [5, 5.41) is 0. The van der Waals surface area contributed by atoms with Gasteiger partial charge in [-0.05, 0) is 25.1 Å². The predicted molar refractivity (Wildman–Crippen MR) is 87.8 cm³/mol. The number of anilines is 1. The number of benzene rings is 1.